The van der Waals surface area contributed by atoms with E-state index in [2.05, 4.69) is 4.65 Å². The highest BCUT2D eigenvalue weighted by molar-refractivity contribution is 7.92. The first-order chi connectivity index (χ1) is 5.28. The fourth-order valence-corrected chi connectivity index (χ4v) is 1.34. The highest BCUT2D eigenvalue weighted by atomic mass is 32.2. The molecule has 8 heteroatoms. The lowest BCUT2D eigenvalue weighted by atomic mass is 10.3. The van der Waals surface area contributed by atoms with Crippen molar-refractivity contribution in [2.75, 3.05) is 0 Å². The fourth-order valence-electron chi connectivity index (χ4n) is 0.526. The maximum Gasteiger partial charge on any atom is 0.634 e. The van der Waals surface area contributed by atoms with Gasteiger partial charge in [-0.3, -0.25) is 0 Å². The van der Waals surface area contributed by atoms with Gasteiger partial charge < -0.3 is 19.8 Å². The summed E-state index contributed by atoms with van der Waals surface area (Å²) in [5, 5.41) is 25.2. The van der Waals surface area contributed by atoms with Crippen LogP contribution < -0.4 is 0 Å². The molecule has 0 spiro atoms. The maximum absolute atomic E-state index is 11.0. The van der Waals surface area contributed by atoms with Crippen LogP contribution in [0.5, 0.6) is 0 Å². The Kier molecular flexibility index (Phi) is 4.14. The van der Waals surface area contributed by atoms with Crippen molar-refractivity contribution in [3.8, 4) is 0 Å². The predicted octanol–water partition coefficient (Wildman–Crippen LogP) is -1.93. The molecule has 12 heavy (non-hydrogen) atoms. The summed E-state index contributed by atoms with van der Waals surface area (Å²) in [6.45, 7) is 2.15. The van der Waals surface area contributed by atoms with Crippen LogP contribution in [0.1, 0.15) is 13.8 Å². The number of aliphatic hydroxyl groups excluding tert-OH is 1. The Labute approximate surface area is 70.9 Å². The zero-order chi connectivity index (χ0) is 9.94. The molecular formula is C4H11BO6S. The van der Waals surface area contributed by atoms with Crippen LogP contribution in [-0.4, -0.2) is 41.8 Å². The minimum atomic E-state index is -3.86. The lowest BCUT2D eigenvalue weighted by Gasteiger charge is -2.15. The summed E-state index contributed by atoms with van der Waals surface area (Å²) in [7, 11) is -6.02. The van der Waals surface area contributed by atoms with Gasteiger partial charge in [0.15, 0.2) is 5.44 Å². The van der Waals surface area contributed by atoms with Crippen LogP contribution in [0.25, 0.3) is 0 Å². The zero-order valence-electron chi connectivity index (χ0n) is 6.71. The van der Waals surface area contributed by atoms with E-state index < -0.39 is 28.0 Å². The predicted molar refractivity (Wildman–Crippen MR) is 41.3 cm³/mol. The van der Waals surface area contributed by atoms with Gasteiger partial charge in [0.25, 0.3) is 0 Å². The van der Waals surface area contributed by atoms with E-state index in [4.69, 9.17) is 15.2 Å². The molecule has 2 unspecified atom stereocenters. The van der Waals surface area contributed by atoms with Gasteiger partial charge in [-0.1, -0.05) is 0 Å². The third kappa shape index (κ3) is 3.07. The van der Waals surface area contributed by atoms with E-state index in [-0.39, 0.29) is 0 Å². The highest BCUT2D eigenvalue weighted by Gasteiger charge is 2.29. The number of rotatable bonds is 4. The number of hydrogen-bond donors (Lipinski definition) is 3. The van der Waals surface area contributed by atoms with Crippen LogP contribution in [0.4, 0.5) is 0 Å². The van der Waals surface area contributed by atoms with E-state index in [1.807, 2.05) is 0 Å². The van der Waals surface area contributed by atoms with Crippen LogP contribution in [-0.2, 0) is 14.5 Å². The maximum atomic E-state index is 11.0. The summed E-state index contributed by atoms with van der Waals surface area (Å²) in [4.78, 5) is 0. The molecule has 0 bridgehead atoms. The summed E-state index contributed by atoms with van der Waals surface area (Å²) in [5.41, 5.74) is -3.04. The monoisotopic (exact) mass is 198 g/mol. The molecule has 3 N–H and O–H groups in total. The molecule has 0 saturated heterocycles. The average molecular weight is 198 g/mol. The average Bonchev–Trinajstić information content (AvgIpc) is 1.85. The molecular weight excluding hydrogens is 187 g/mol. The molecule has 0 rings (SSSR count). The Balaban J connectivity index is 4.38. The topological polar surface area (TPSA) is 104 Å². The summed E-state index contributed by atoms with van der Waals surface area (Å²) in [6, 6.07) is 0. The van der Waals surface area contributed by atoms with E-state index >= 15 is 0 Å². The van der Waals surface area contributed by atoms with Crippen molar-refractivity contribution < 1.29 is 28.2 Å². The van der Waals surface area contributed by atoms with Crippen molar-refractivity contribution in [2.24, 2.45) is 0 Å². The van der Waals surface area contributed by atoms with Gasteiger partial charge in [-0.25, -0.2) is 8.42 Å². The third-order valence-corrected chi connectivity index (χ3v) is 3.24. The van der Waals surface area contributed by atoms with Crippen LogP contribution in [0, 0.1) is 0 Å². The lowest BCUT2D eigenvalue weighted by molar-refractivity contribution is 0.166. The standard InChI is InChI=1S/C4H11BO6S/c1-3(6)12(9,10)4(2)11-5(7)8/h3-4,6-8H,1-2H3. The molecule has 0 aromatic carbocycles. The number of sulfone groups is 1. The second kappa shape index (κ2) is 4.19. The lowest BCUT2D eigenvalue weighted by Crippen LogP contribution is -2.35. The Bertz CT molecular complexity index is 222. The summed E-state index contributed by atoms with van der Waals surface area (Å²) < 4.78 is 26.1. The summed E-state index contributed by atoms with van der Waals surface area (Å²) in [5.74, 6) is 0. The van der Waals surface area contributed by atoms with Gasteiger partial charge in [0, 0.05) is 0 Å². The van der Waals surface area contributed by atoms with Gasteiger partial charge in [0.2, 0.25) is 9.84 Å². The second-order valence-electron chi connectivity index (χ2n) is 2.22. The van der Waals surface area contributed by atoms with Gasteiger partial charge in [-0.05, 0) is 13.8 Å². The first-order valence-corrected chi connectivity index (χ1v) is 4.81. The van der Waals surface area contributed by atoms with Crippen molar-refractivity contribution >= 4 is 17.2 Å². The van der Waals surface area contributed by atoms with Gasteiger partial charge in [0.1, 0.15) is 5.44 Å². The second-order valence-corrected chi connectivity index (χ2v) is 4.74. The molecule has 0 radical (unpaired) electrons. The minimum Gasteiger partial charge on any atom is -0.402 e. The first-order valence-electron chi connectivity index (χ1n) is 3.21. The van der Waals surface area contributed by atoms with Gasteiger partial charge in [-0.15, -0.1) is 0 Å². The van der Waals surface area contributed by atoms with E-state index in [1.165, 1.54) is 0 Å². The van der Waals surface area contributed by atoms with E-state index in [0.717, 1.165) is 13.8 Å². The van der Waals surface area contributed by atoms with Crippen molar-refractivity contribution in [3.05, 3.63) is 0 Å². The molecule has 0 aliphatic carbocycles. The molecule has 0 aromatic rings. The van der Waals surface area contributed by atoms with Crippen molar-refractivity contribution in [1.29, 1.82) is 0 Å². The van der Waals surface area contributed by atoms with Crippen LogP contribution in [0.2, 0.25) is 0 Å². The molecule has 72 valence electrons. The largest absolute Gasteiger partial charge is 0.634 e. The Morgan fingerprint density at radius 1 is 1.33 bits per heavy atom. The molecule has 0 aliphatic heterocycles. The smallest absolute Gasteiger partial charge is 0.402 e. The van der Waals surface area contributed by atoms with Crippen molar-refractivity contribution in [1.82, 2.24) is 0 Å². The fraction of sp³-hybridized carbons (Fsp3) is 1.00. The molecule has 0 aliphatic rings. The summed E-state index contributed by atoms with van der Waals surface area (Å²) in [6.07, 6.45) is 0. The highest BCUT2D eigenvalue weighted by Crippen LogP contribution is 2.08. The van der Waals surface area contributed by atoms with Crippen molar-refractivity contribution in [3.63, 3.8) is 0 Å². The van der Waals surface area contributed by atoms with E-state index in [0.29, 0.717) is 0 Å². The number of aliphatic hydroxyl groups is 1. The third-order valence-electron chi connectivity index (χ3n) is 1.25. The van der Waals surface area contributed by atoms with Crippen LogP contribution >= 0.6 is 0 Å². The first kappa shape index (κ1) is 11.9. The molecule has 0 heterocycles. The Morgan fingerprint density at radius 3 is 2.00 bits per heavy atom. The van der Waals surface area contributed by atoms with Gasteiger partial charge in [-0.2, -0.15) is 0 Å². The normalized spacial score (nSPS) is 17.1. The summed E-state index contributed by atoms with van der Waals surface area (Å²) >= 11 is 0. The van der Waals surface area contributed by atoms with Gasteiger partial charge >= 0.3 is 7.32 Å². The van der Waals surface area contributed by atoms with E-state index in [1.54, 1.807) is 0 Å². The Hall–Kier alpha value is -0.145. The Morgan fingerprint density at radius 2 is 1.75 bits per heavy atom. The van der Waals surface area contributed by atoms with Gasteiger partial charge in [0.05, 0.1) is 0 Å². The van der Waals surface area contributed by atoms with Crippen LogP contribution in [0.3, 0.4) is 0 Å². The molecule has 0 saturated carbocycles. The van der Waals surface area contributed by atoms with Crippen molar-refractivity contribution in [2.45, 2.75) is 24.7 Å². The molecule has 6 nitrogen and oxygen atoms in total. The van der Waals surface area contributed by atoms with E-state index in [9.17, 15) is 8.42 Å². The number of hydrogen-bond acceptors (Lipinski definition) is 6. The van der Waals surface area contributed by atoms with Crippen LogP contribution in [0.15, 0.2) is 0 Å². The molecule has 0 aromatic heterocycles. The quantitative estimate of drug-likeness (QED) is 0.454. The molecule has 0 amide bonds. The zero-order valence-corrected chi connectivity index (χ0v) is 7.52. The minimum absolute atomic E-state index is 1.05. The molecule has 0 fully saturated rings. The SMILES string of the molecule is CC(O)S(=O)(=O)C(C)OB(O)O. The molecule has 2 atom stereocenters.